The van der Waals surface area contributed by atoms with E-state index in [4.69, 9.17) is 0 Å². The monoisotopic (exact) mass is 157 g/mol. The van der Waals surface area contributed by atoms with Crippen molar-refractivity contribution in [3.63, 3.8) is 0 Å². The van der Waals surface area contributed by atoms with E-state index in [-0.39, 0.29) is 10.6 Å². The smallest absolute Gasteiger partial charge is 0.298 e. The number of hydrogen-bond acceptors (Lipinski definition) is 4. The van der Waals surface area contributed by atoms with Crippen molar-refractivity contribution < 1.29 is 9.72 Å². The summed E-state index contributed by atoms with van der Waals surface area (Å²) >= 11 is 0.952. The molecule has 0 aliphatic carbocycles. The van der Waals surface area contributed by atoms with Crippen molar-refractivity contribution >= 4 is 22.6 Å². The van der Waals surface area contributed by atoms with Gasteiger partial charge in [0, 0.05) is 0 Å². The molecule has 0 aromatic carbocycles. The fourth-order valence-electron chi connectivity index (χ4n) is 0.549. The fraction of sp³-hybridized carbons (Fsp3) is 0. The molecule has 1 aromatic heterocycles. The molecule has 0 aliphatic rings. The van der Waals surface area contributed by atoms with E-state index in [1.165, 1.54) is 11.4 Å². The van der Waals surface area contributed by atoms with Gasteiger partial charge < -0.3 is 0 Å². The van der Waals surface area contributed by atoms with Crippen molar-refractivity contribution in [1.29, 1.82) is 0 Å². The largest absolute Gasteiger partial charge is 0.334 e. The lowest BCUT2D eigenvalue weighted by Crippen LogP contribution is -1.87. The third-order valence-corrected chi connectivity index (χ3v) is 1.85. The topological polar surface area (TPSA) is 60.2 Å². The van der Waals surface area contributed by atoms with Gasteiger partial charge in [0.15, 0.2) is 6.29 Å². The van der Waals surface area contributed by atoms with Crippen molar-refractivity contribution in [3.05, 3.63) is 27.1 Å². The van der Waals surface area contributed by atoms with Crippen LogP contribution in [0.25, 0.3) is 0 Å². The van der Waals surface area contributed by atoms with Crippen LogP contribution in [0.3, 0.4) is 0 Å². The molecule has 0 N–H and O–H groups in total. The number of nitrogens with zero attached hydrogens (tertiary/aromatic N) is 1. The number of carbonyl (C=O) groups is 1. The number of thiophene rings is 1. The van der Waals surface area contributed by atoms with Crippen LogP contribution in [-0.4, -0.2) is 11.2 Å². The Morgan fingerprint density at radius 2 is 2.40 bits per heavy atom. The number of carbonyl (C=O) groups excluding carboxylic acids is 1. The van der Waals surface area contributed by atoms with Gasteiger partial charge in [0.1, 0.15) is 5.56 Å². The van der Waals surface area contributed by atoms with Gasteiger partial charge in [-0.05, 0) is 11.4 Å². The molecule has 0 bridgehead atoms. The van der Waals surface area contributed by atoms with E-state index in [2.05, 4.69) is 0 Å². The van der Waals surface area contributed by atoms with Crippen LogP contribution in [0.4, 0.5) is 5.00 Å². The predicted octanol–water partition coefficient (Wildman–Crippen LogP) is 1.47. The molecule has 0 radical (unpaired) electrons. The maximum Gasteiger partial charge on any atom is 0.334 e. The number of nitro groups is 1. The van der Waals surface area contributed by atoms with E-state index < -0.39 is 4.92 Å². The van der Waals surface area contributed by atoms with Gasteiger partial charge in [0.05, 0.1) is 4.92 Å². The summed E-state index contributed by atoms with van der Waals surface area (Å²) in [6, 6.07) is 1.43. The van der Waals surface area contributed by atoms with Crippen LogP contribution in [0, 0.1) is 10.1 Å². The molecule has 52 valence electrons. The van der Waals surface area contributed by atoms with Crippen LogP contribution in [0.15, 0.2) is 11.4 Å². The van der Waals surface area contributed by atoms with Gasteiger partial charge in [0.25, 0.3) is 0 Å². The highest BCUT2D eigenvalue weighted by Gasteiger charge is 2.13. The average Bonchev–Trinajstić information content (AvgIpc) is 2.33. The van der Waals surface area contributed by atoms with Crippen LogP contribution < -0.4 is 0 Å². The summed E-state index contributed by atoms with van der Waals surface area (Å²) in [7, 11) is 0. The quantitative estimate of drug-likeness (QED) is 0.371. The minimum atomic E-state index is -0.561. The average molecular weight is 157 g/mol. The summed E-state index contributed by atoms with van der Waals surface area (Å²) in [6.45, 7) is 0. The van der Waals surface area contributed by atoms with Crippen molar-refractivity contribution in [2.75, 3.05) is 0 Å². The molecule has 1 rings (SSSR count). The maximum absolute atomic E-state index is 10.1. The van der Waals surface area contributed by atoms with Crippen LogP contribution in [0.5, 0.6) is 0 Å². The van der Waals surface area contributed by atoms with Crippen LogP contribution in [-0.2, 0) is 0 Å². The first-order chi connectivity index (χ1) is 4.75. The first-order valence-corrected chi connectivity index (χ1v) is 3.30. The molecule has 0 saturated carbocycles. The lowest BCUT2D eigenvalue weighted by molar-refractivity contribution is -0.380. The summed E-state index contributed by atoms with van der Waals surface area (Å²) in [6.07, 6.45) is 0.481. The molecular formula is C5H3NO3S. The van der Waals surface area contributed by atoms with Gasteiger partial charge in [-0.3, -0.25) is 14.9 Å². The molecule has 0 aliphatic heterocycles. The maximum atomic E-state index is 10.1. The van der Waals surface area contributed by atoms with Gasteiger partial charge in [-0.2, -0.15) is 0 Å². The Balaban J connectivity index is 3.13. The standard InChI is InChI=1S/C5H3NO3S/c7-3-4-1-2-10-5(4)6(8)9/h1-3H. The zero-order valence-corrected chi connectivity index (χ0v) is 5.63. The number of hydrogen-bond donors (Lipinski definition) is 0. The minimum Gasteiger partial charge on any atom is -0.298 e. The van der Waals surface area contributed by atoms with Gasteiger partial charge in [-0.1, -0.05) is 11.3 Å². The summed E-state index contributed by atoms with van der Waals surface area (Å²) in [4.78, 5) is 19.6. The second-order valence-electron chi connectivity index (χ2n) is 1.56. The highest BCUT2D eigenvalue weighted by molar-refractivity contribution is 7.13. The van der Waals surface area contributed by atoms with Crippen molar-refractivity contribution in [2.24, 2.45) is 0 Å². The Bertz CT molecular complexity index is 268. The molecule has 4 nitrogen and oxygen atoms in total. The lowest BCUT2D eigenvalue weighted by Gasteiger charge is -1.82. The molecule has 0 unspecified atom stereocenters. The zero-order valence-electron chi connectivity index (χ0n) is 4.81. The third-order valence-electron chi connectivity index (χ3n) is 0.967. The molecule has 0 spiro atoms. The van der Waals surface area contributed by atoms with Crippen LogP contribution in [0.1, 0.15) is 10.4 Å². The molecule has 0 fully saturated rings. The van der Waals surface area contributed by atoms with Crippen LogP contribution >= 0.6 is 11.3 Å². The van der Waals surface area contributed by atoms with Gasteiger partial charge >= 0.3 is 5.00 Å². The Morgan fingerprint density at radius 1 is 1.70 bits per heavy atom. The van der Waals surface area contributed by atoms with Crippen molar-refractivity contribution in [2.45, 2.75) is 0 Å². The Labute approximate surface area is 60.3 Å². The fourth-order valence-corrected chi connectivity index (χ4v) is 1.23. The molecule has 10 heavy (non-hydrogen) atoms. The Hall–Kier alpha value is -1.23. The Kier molecular flexibility index (Phi) is 1.77. The third kappa shape index (κ3) is 1.03. The molecule has 1 heterocycles. The van der Waals surface area contributed by atoms with Crippen molar-refractivity contribution in [3.8, 4) is 0 Å². The van der Waals surface area contributed by atoms with E-state index in [0.717, 1.165) is 11.3 Å². The van der Waals surface area contributed by atoms with E-state index in [0.29, 0.717) is 6.29 Å². The van der Waals surface area contributed by atoms with E-state index in [1.807, 2.05) is 0 Å². The van der Waals surface area contributed by atoms with E-state index in [1.54, 1.807) is 0 Å². The summed E-state index contributed by atoms with van der Waals surface area (Å²) < 4.78 is 0. The van der Waals surface area contributed by atoms with Crippen molar-refractivity contribution in [1.82, 2.24) is 0 Å². The number of aldehydes is 1. The Morgan fingerprint density at radius 3 is 2.80 bits per heavy atom. The second-order valence-corrected chi connectivity index (χ2v) is 2.45. The normalized spacial score (nSPS) is 9.20. The first kappa shape index (κ1) is 6.88. The van der Waals surface area contributed by atoms with Gasteiger partial charge in [0.2, 0.25) is 0 Å². The molecule has 0 amide bonds. The first-order valence-electron chi connectivity index (χ1n) is 2.42. The van der Waals surface area contributed by atoms with E-state index >= 15 is 0 Å². The molecule has 0 saturated heterocycles. The summed E-state index contributed by atoms with van der Waals surface area (Å²) in [5, 5.41) is 11.5. The summed E-state index contributed by atoms with van der Waals surface area (Å²) in [5.74, 6) is 0. The van der Waals surface area contributed by atoms with E-state index in [9.17, 15) is 14.9 Å². The van der Waals surface area contributed by atoms with Crippen LogP contribution in [0.2, 0.25) is 0 Å². The van der Waals surface area contributed by atoms with Gasteiger partial charge in [-0.25, -0.2) is 0 Å². The molecule has 5 heteroatoms. The number of rotatable bonds is 2. The lowest BCUT2D eigenvalue weighted by atomic mass is 10.4. The SMILES string of the molecule is O=Cc1ccsc1[N+](=O)[O-]. The zero-order chi connectivity index (χ0) is 7.56. The highest BCUT2D eigenvalue weighted by atomic mass is 32.1. The summed E-state index contributed by atoms with van der Waals surface area (Å²) in [5.41, 5.74) is 0.148. The highest BCUT2D eigenvalue weighted by Crippen LogP contribution is 2.23. The minimum absolute atomic E-state index is 0.0880. The van der Waals surface area contributed by atoms with Gasteiger partial charge in [-0.15, -0.1) is 0 Å². The predicted molar refractivity (Wildman–Crippen MR) is 36.4 cm³/mol. The molecular weight excluding hydrogens is 154 g/mol. The molecule has 0 atom stereocenters. The molecule has 1 aromatic rings. The second kappa shape index (κ2) is 2.57.